The molecule has 4 heteroatoms. The zero-order valence-electron chi connectivity index (χ0n) is 9.18. The highest BCUT2D eigenvalue weighted by atomic mass is 32.2. The lowest BCUT2D eigenvalue weighted by atomic mass is 9.94. The van der Waals surface area contributed by atoms with Gasteiger partial charge < -0.3 is 4.55 Å². The summed E-state index contributed by atoms with van der Waals surface area (Å²) in [5.41, 5.74) is 1.48. The fraction of sp³-hybridized carbons (Fsp3) is 0.455. The Bertz CT molecular complexity index is 269. The monoisotopic (exact) mass is 228 g/mol. The van der Waals surface area contributed by atoms with Crippen LogP contribution in [0.3, 0.4) is 0 Å². The minimum atomic E-state index is -2.36. The van der Waals surface area contributed by atoms with Gasteiger partial charge in [-0.3, -0.25) is 9.35 Å². The Morgan fingerprint density at radius 3 is 2.00 bits per heavy atom. The molecule has 15 heavy (non-hydrogen) atoms. The Morgan fingerprint density at radius 2 is 1.67 bits per heavy atom. The first kappa shape index (κ1) is 14.3. The van der Waals surface area contributed by atoms with E-state index in [1.54, 1.807) is 0 Å². The van der Waals surface area contributed by atoms with Crippen LogP contribution in [0.2, 0.25) is 0 Å². The smallest absolute Gasteiger partial charge is 0.0152 e. The standard InChI is InChI=1S/C11H16.H3NO2S/c1-3-10(4-2)11-8-6-5-7-9-11;1-4(2)3/h5-10H,3-4H2,1-2H3;1H2,(H,2,3)/p-1. The van der Waals surface area contributed by atoms with E-state index in [0.717, 1.165) is 5.92 Å². The van der Waals surface area contributed by atoms with Crippen LogP contribution in [0, 0.1) is 0 Å². The van der Waals surface area contributed by atoms with Crippen LogP contribution in [0.25, 0.3) is 0 Å². The van der Waals surface area contributed by atoms with Crippen LogP contribution < -0.4 is 5.14 Å². The third-order valence-electron chi connectivity index (χ3n) is 2.26. The van der Waals surface area contributed by atoms with Crippen LogP contribution >= 0.6 is 0 Å². The second-order valence-corrected chi connectivity index (χ2v) is 3.71. The van der Waals surface area contributed by atoms with E-state index < -0.39 is 11.3 Å². The molecule has 0 aliphatic carbocycles. The zero-order chi connectivity index (χ0) is 11.7. The van der Waals surface area contributed by atoms with E-state index in [1.165, 1.54) is 18.4 Å². The number of hydrogen-bond donors (Lipinski definition) is 1. The van der Waals surface area contributed by atoms with E-state index in [0.29, 0.717) is 0 Å². The summed E-state index contributed by atoms with van der Waals surface area (Å²) in [5.74, 6) is 0.760. The van der Waals surface area contributed by atoms with E-state index >= 15 is 0 Å². The predicted molar refractivity (Wildman–Crippen MR) is 62.9 cm³/mol. The van der Waals surface area contributed by atoms with E-state index in [-0.39, 0.29) is 0 Å². The second-order valence-electron chi connectivity index (χ2n) is 3.18. The van der Waals surface area contributed by atoms with Crippen LogP contribution in [-0.2, 0) is 11.3 Å². The molecule has 1 unspecified atom stereocenters. The van der Waals surface area contributed by atoms with Crippen molar-refractivity contribution in [2.75, 3.05) is 0 Å². The van der Waals surface area contributed by atoms with E-state index in [1.807, 2.05) is 0 Å². The Morgan fingerprint density at radius 1 is 1.27 bits per heavy atom. The first-order valence-electron chi connectivity index (χ1n) is 5.00. The van der Waals surface area contributed by atoms with Gasteiger partial charge in [0, 0.05) is 11.3 Å². The minimum Gasteiger partial charge on any atom is -0.760 e. The molecule has 0 radical (unpaired) electrons. The van der Waals surface area contributed by atoms with Crippen molar-refractivity contribution < 1.29 is 8.76 Å². The van der Waals surface area contributed by atoms with Gasteiger partial charge in [0.15, 0.2) is 0 Å². The van der Waals surface area contributed by atoms with Crippen LogP contribution in [0.5, 0.6) is 0 Å². The van der Waals surface area contributed by atoms with Crippen molar-refractivity contribution in [3.63, 3.8) is 0 Å². The average Bonchev–Trinajstić information content (AvgIpc) is 2.20. The van der Waals surface area contributed by atoms with Crippen molar-refractivity contribution in [2.24, 2.45) is 5.14 Å². The van der Waals surface area contributed by atoms with Gasteiger partial charge in [-0.25, -0.2) is 0 Å². The molecule has 0 aromatic heterocycles. The van der Waals surface area contributed by atoms with Gasteiger partial charge in [0.2, 0.25) is 0 Å². The Labute approximate surface area is 94.1 Å². The van der Waals surface area contributed by atoms with E-state index in [4.69, 9.17) is 8.76 Å². The molecule has 1 aromatic carbocycles. The molecule has 1 atom stereocenters. The first-order valence-corrected chi connectivity index (χ1v) is 6.14. The summed E-state index contributed by atoms with van der Waals surface area (Å²) < 4.78 is 17.6. The van der Waals surface area contributed by atoms with Crippen molar-refractivity contribution in [1.29, 1.82) is 0 Å². The van der Waals surface area contributed by atoms with Crippen LogP contribution in [0.15, 0.2) is 30.3 Å². The van der Waals surface area contributed by atoms with Gasteiger partial charge in [-0.15, -0.1) is 0 Å². The zero-order valence-corrected chi connectivity index (χ0v) is 10.00. The van der Waals surface area contributed by atoms with E-state index in [9.17, 15) is 0 Å². The fourth-order valence-corrected chi connectivity index (χ4v) is 1.49. The highest BCUT2D eigenvalue weighted by Gasteiger charge is 2.03. The van der Waals surface area contributed by atoms with Gasteiger partial charge in [0.05, 0.1) is 0 Å². The average molecular weight is 228 g/mol. The Hall–Kier alpha value is -0.710. The summed E-state index contributed by atoms with van der Waals surface area (Å²) in [6.07, 6.45) is 2.50. The third kappa shape index (κ3) is 7.25. The quantitative estimate of drug-likeness (QED) is 0.807. The number of hydrogen-bond acceptors (Lipinski definition) is 2. The SMILES string of the molecule is CCC(CC)c1ccccc1.NS(=O)[O-]. The predicted octanol–water partition coefficient (Wildman–Crippen LogP) is 2.33. The van der Waals surface area contributed by atoms with Crippen molar-refractivity contribution in [1.82, 2.24) is 0 Å². The molecule has 0 saturated carbocycles. The topological polar surface area (TPSA) is 66.2 Å². The number of nitrogens with two attached hydrogens (primary N) is 1. The molecule has 0 aliphatic heterocycles. The lowest BCUT2D eigenvalue weighted by Gasteiger charge is -2.11. The molecule has 0 saturated heterocycles. The molecule has 2 N–H and O–H groups in total. The van der Waals surface area contributed by atoms with Crippen LogP contribution in [-0.4, -0.2) is 8.76 Å². The van der Waals surface area contributed by atoms with Gasteiger partial charge in [-0.05, 0) is 24.3 Å². The molecule has 0 fully saturated rings. The van der Waals surface area contributed by atoms with Gasteiger partial charge in [-0.1, -0.05) is 44.2 Å². The Kier molecular flexibility index (Phi) is 8.18. The van der Waals surface area contributed by atoms with Crippen molar-refractivity contribution in [3.8, 4) is 0 Å². The van der Waals surface area contributed by atoms with Gasteiger partial charge in [0.1, 0.15) is 0 Å². The second kappa shape index (κ2) is 8.59. The summed E-state index contributed by atoms with van der Waals surface area (Å²) in [5, 5.41) is 4.03. The summed E-state index contributed by atoms with van der Waals surface area (Å²) >= 11 is -2.36. The third-order valence-corrected chi connectivity index (χ3v) is 2.26. The highest BCUT2D eigenvalue weighted by molar-refractivity contribution is 7.76. The maximum atomic E-state index is 8.78. The lowest BCUT2D eigenvalue weighted by Crippen LogP contribution is -1.97. The largest absolute Gasteiger partial charge is 0.760 e. The molecule has 0 heterocycles. The Balaban J connectivity index is 0.000000423. The fourth-order valence-electron chi connectivity index (χ4n) is 1.49. The van der Waals surface area contributed by atoms with Crippen molar-refractivity contribution >= 4 is 11.3 Å². The summed E-state index contributed by atoms with van der Waals surface area (Å²) in [6.45, 7) is 4.50. The number of benzene rings is 1. The maximum Gasteiger partial charge on any atom is 0.0152 e. The molecule has 0 bridgehead atoms. The summed E-state index contributed by atoms with van der Waals surface area (Å²) in [7, 11) is 0. The van der Waals surface area contributed by atoms with E-state index in [2.05, 4.69) is 49.3 Å². The highest BCUT2D eigenvalue weighted by Crippen LogP contribution is 2.21. The normalized spacial score (nSPS) is 11.8. The van der Waals surface area contributed by atoms with Gasteiger partial charge in [-0.2, -0.15) is 0 Å². The van der Waals surface area contributed by atoms with Gasteiger partial charge in [0.25, 0.3) is 0 Å². The molecule has 3 nitrogen and oxygen atoms in total. The molecule has 86 valence electrons. The molecule has 0 spiro atoms. The van der Waals surface area contributed by atoms with Crippen LogP contribution in [0.4, 0.5) is 0 Å². The lowest BCUT2D eigenvalue weighted by molar-refractivity contribution is 0.539. The minimum absolute atomic E-state index is 0.760. The molecule has 1 rings (SSSR count). The molecular weight excluding hydrogens is 210 g/mol. The van der Waals surface area contributed by atoms with Crippen LogP contribution in [0.1, 0.15) is 38.2 Å². The summed E-state index contributed by atoms with van der Waals surface area (Å²) in [4.78, 5) is 0. The molecule has 0 amide bonds. The first-order chi connectivity index (χ1) is 7.11. The molecule has 0 aliphatic rings. The van der Waals surface area contributed by atoms with Gasteiger partial charge >= 0.3 is 0 Å². The van der Waals surface area contributed by atoms with Crippen molar-refractivity contribution in [2.45, 2.75) is 32.6 Å². The maximum absolute atomic E-state index is 8.78. The van der Waals surface area contributed by atoms with Crippen molar-refractivity contribution in [3.05, 3.63) is 35.9 Å². The summed E-state index contributed by atoms with van der Waals surface area (Å²) in [6, 6.07) is 10.8. The molecular formula is C11H18NO2S-. The molecule has 1 aromatic rings. The number of rotatable bonds is 3.